The third-order valence-electron chi connectivity index (χ3n) is 4.81. The van der Waals surface area contributed by atoms with Crippen molar-refractivity contribution in [1.82, 2.24) is 14.8 Å². The molecule has 0 spiro atoms. The summed E-state index contributed by atoms with van der Waals surface area (Å²) in [5, 5.41) is 15.2. The van der Waals surface area contributed by atoms with Crippen molar-refractivity contribution in [2.75, 3.05) is 12.4 Å². The average Bonchev–Trinajstić information content (AvgIpc) is 2.85. The van der Waals surface area contributed by atoms with Gasteiger partial charge in [-0.1, -0.05) is 24.3 Å². The average molecular weight is 423 g/mol. The summed E-state index contributed by atoms with van der Waals surface area (Å²) in [5.74, 6) is 0.606. The van der Waals surface area contributed by atoms with E-state index in [1.54, 1.807) is 30.4 Å². The normalized spacial score (nSPS) is 11.1. The predicted octanol–water partition coefficient (Wildman–Crippen LogP) is 4.41. The lowest BCUT2D eigenvalue weighted by atomic mass is 10.1. The van der Waals surface area contributed by atoms with E-state index in [1.165, 1.54) is 12.1 Å². The van der Waals surface area contributed by atoms with Crippen LogP contribution >= 0.6 is 0 Å². The predicted molar refractivity (Wildman–Crippen MR) is 126 cm³/mol. The molecule has 0 aliphatic rings. The van der Waals surface area contributed by atoms with Crippen LogP contribution in [0, 0.1) is 5.41 Å². The number of pyridine rings is 1. The minimum Gasteiger partial charge on any atom is -0.494 e. The van der Waals surface area contributed by atoms with Crippen molar-refractivity contribution in [3.8, 4) is 22.6 Å². The Morgan fingerprint density at radius 2 is 1.81 bits per heavy atom. The molecule has 0 saturated carbocycles. The summed E-state index contributed by atoms with van der Waals surface area (Å²) >= 11 is 0. The quantitative estimate of drug-likeness (QED) is 0.430. The number of anilines is 1. The highest BCUT2D eigenvalue weighted by Gasteiger charge is 2.13. The molecule has 0 radical (unpaired) electrons. The number of aromatic nitrogens is 3. The lowest BCUT2D eigenvalue weighted by molar-refractivity contribution is 0.411. The molecule has 0 unspecified atom stereocenters. The van der Waals surface area contributed by atoms with E-state index in [9.17, 15) is 4.79 Å². The van der Waals surface area contributed by atoms with Gasteiger partial charge >= 0.3 is 0 Å². The topological polar surface area (TPSA) is 92.9 Å². The van der Waals surface area contributed by atoms with E-state index < -0.39 is 0 Å². The molecule has 4 aromatic rings. The first-order valence-corrected chi connectivity index (χ1v) is 9.91. The van der Waals surface area contributed by atoms with E-state index in [0.29, 0.717) is 17.1 Å². The Labute approximate surface area is 185 Å². The highest BCUT2D eigenvalue weighted by molar-refractivity contribution is 5.86. The van der Waals surface area contributed by atoms with Gasteiger partial charge in [0.25, 0.3) is 0 Å². The number of rotatable bonds is 7. The first-order chi connectivity index (χ1) is 15.7. The molecule has 0 atom stereocenters. The van der Waals surface area contributed by atoms with Gasteiger partial charge in [-0.05, 0) is 53.6 Å². The first-order valence-electron chi connectivity index (χ1n) is 9.91. The molecular weight excluding hydrogens is 402 g/mol. The monoisotopic (exact) mass is 423 g/mol. The number of ether oxygens (including phenoxy) is 1. The first kappa shape index (κ1) is 20.7. The lowest BCUT2D eigenvalue weighted by Gasteiger charge is -2.15. The second kappa shape index (κ2) is 9.53. The SMILES string of the molecule is COc1cc(-c2ccncc2)ccc1-n1ccc(=O)c(/C(=C/C=N)Nc2ccccc2)n1. The van der Waals surface area contributed by atoms with E-state index in [-0.39, 0.29) is 11.1 Å². The molecule has 0 saturated heterocycles. The van der Waals surface area contributed by atoms with E-state index >= 15 is 0 Å². The van der Waals surface area contributed by atoms with Crippen LogP contribution in [0.15, 0.2) is 96.2 Å². The maximum absolute atomic E-state index is 12.6. The number of nitrogens with one attached hydrogen (secondary N) is 2. The smallest absolute Gasteiger partial charge is 0.209 e. The van der Waals surface area contributed by atoms with Crippen molar-refractivity contribution in [3.05, 3.63) is 107 Å². The Morgan fingerprint density at radius 1 is 1.03 bits per heavy atom. The number of para-hydroxylation sites is 1. The second-order valence-corrected chi connectivity index (χ2v) is 6.83. The van der Waals surface area contributed by atoms with Crippen LogP contribution in [0.2, 0.25) is 0 Å². The largest absolute Gasteiger partial charge is 0.494 e. The molecule has 7 heteroatoms. The summed E-state index contributed by atoms with van der Waals surface area (Å²) in [6.45, 7) is 0. The van der Waals surface area contributed by atoms with Crippen molar-refractivity contribution >= 4 is 17.6 Å². The van der Waals surface area contributed by atoms with Gasteiger partial charge in [-0.3, -0.25) is 9.78 Å². The maximum Gasteiger partial charge on any atom is 0.209 e. The Bertz CT molecular complexity index is 1320. The van der Waals surface area contributed by atoms with E-state index in [4.69, 9.17) is 10.1 Å². The van der Waals surface area contributed by atoms with Crippen LogP contribution in [0.1, 0.15) is 5.69 Å². The van der Waals surface area contributed by atoms with Gasteiger partial charge in [0.2, 0.25) is 5.43 Å². The fourth-order valence-electron chi connectivity index (χ4n) is 3.26. The van der Waals surface area contributed by atoms with Gasteiger partial charge < -0.3 is 15.5 Å². The van der Waals surface area contributed by atoms with Gasteiger partial charge in [-0.25, -0.2) is 4.68 Å². The van der Waals surface area contributed by atoms with E-state index in [2.05, 4.69) is 15.4 Å². The summed E-state index contributed by atoms with van der Waals surface area (Å²) in [4.78, 5) is 16.7. The van der Waals surface area contributed by atoms with E-state index in [0.717, 1.165) is 23.0 Å². The van der Waals surface area contributed by atoms with Crippen LogP contribution in [0.3, 0.4) is 0 Å². The molecule has 2 aromatic carbocycles. The van der Waals surface area contributed by atoms with E-state index in [1.807, 2.05) is 60.7 Å². The summed E-state index contributed by atoms with van der Waals surface area (Å²) in [6.07, 6.45) is 7.70. The molecule has 0 aliphatic carbocycles. The Kier molecular flexibility index (Phi) is 6.17. The number of benzene rings is 2. The molecule has 4 rings (SSSR count). The van der Waals surface area contributed by atoms with Crippen molar-refractivity contribution in [1.29, 1.82) is 5.41 Å². The van der Waals surface area contributed by atoms with Gasteiger partial charge in [0.1, 0.15) is 11.4 Å². The highest BCUT2D eigenvalue weighted by atomic mass is 16.5. The van der Waals surface area contributed by atoms with Crippen molar-refractivity contribution in [2.45, 2.75) is 0 Å². The lowest BCUT2D eigenvalue weighted by Crippen LogP contribution is -2.18. The Hall–Kier alpha value is -4.52. The molecular formula is C25H21N5O2. The molecule has 0 aliphatic heterocycles. The minimum atomic E-state index is -0.259. The standard InChI is InChI=1S/C25H21N5O2/c1-32-24-17-19(18-10-14-27-15-11-18)7-8-22(24)30-16-12-23(31)25(29-30)21(9-13-26)28-20-5-3-2-4-6-20/h2-17,26,28H,1H3/b21-9-,26-13?. The van der Waals surface area contributed by atoms with Crippen LogP contribution < -0.4 is 15.5 Å². The van der Waals surface area contributed by atoms with Gasteiger partial charge in [0, 0.05) is 36.6 Å². The van der Waals surface area contributed by atoms with Crippen molar-refractivity contribution < 1.29 is 4.74 Å². The van der Waals surface area contributed by atoms with Crippen molar-refractivity contribution in [3.63, 3.8) is 0 Å². The summed E-state index contributed by atoms with van der Waals surface area (Å²) in [7, 11) is 1.59. The van der Waals surface area contributed by atoms with Gasteiger partial charge in [-0.2, -0.15) is 5.10 Å². The Balaban J connectivity index is 1.76. The third-order valence-corrected chi connectivity index (χ3v) is 4.81. The molecule has 2 N–H and O–H groups in total. The zero-order valence-corrected chi connectivity index (χ0v) is 17.4. The third kappa shape index (κ3) is 4.46. The number of methoxy groups -OCH3 is 1. The number of allylic oxidation sites excluding steroid dienone is 1. The van der Waals surface area contributed by atoms with Crippen LogP contribution in [0.25, 0.3) is 22.5 Å². The maximum atomic E-state index is 12.6. The van der Waals surface area contributed by atoms with Gasteiger partial charge in [-0.15, -0.1) is 0 Å². The van der Waals surface area contributed by atoms with Gasteiger partial charge in [0.15, 0.2) is 5.69 Å². The Morgan fingerprint density at radius 3 is 2.53 bits per heavy atom. The van der Waals surface area contributed by atoms with Crippen LogP contribution in [0.5, 0.6) is 5.75 Å². The minimum absolute atomic E-state index is 0.195. The zero-order chi connectivity index (χ0) is 22.3. The molecule has 2 heterocycles. The summed E-state index contributed by atoms with van der Waals surface area (Å²) < 4.78 is 7.21. The zero-order valence-electron chi connectivity index (χ0n) is 17.4. The highest BCUT2D eigenvalue weighted by Crippen LogP contribution is 2.29. The molecule has 32 heavy (non-hydrogen) atoms. The van der Waals surface area contributed by atoms with Crippen LogP contribution in [-0.4, -0.2) is 28.1 Å². The molecule has 2 aromatic heterocycles. The fourth-order valence-corrected chi connectivity index (χ4v) is 3.26. The molecule has 158 valence electrons. The number of nitrogens with zero attached hydrogens (tertiary/aromatic N) is 3. The molecule has 7 nitrogen and oxygen atoms in total. The summed E-state index contributed by atoms with van der Waals surface area (Å²) in [6, 6.07) is 20.5. The molecule has 0 amide bonds. The molecule has 0 bridgehead atoms. The number of hydrogen-bond acceptors (Lipinski definition) is 6. The van der Waals surface area contributed by atoms with Crippen LogP contribution in [-0.2, 0) is 0 Å². The summed E-state index contributed by atoms with van der Waals surface area (Å²) in [5.41, 5.74) is 3.83. The fraction of sp³-hybridized carbons (Fsp3) is 0.0400. The number of hydrogen-bond donors (Lipinski definition) is 2. The van der Waals surface area contributed by atoms with Crippen LogP contribution in [0.4, 0.5) is 5.69 Å². The van der Waals surface area contributed by atoms with Crippen molar-refractivity contribution in [2.24, 2.45) is 0 Å². The molecule has 0 fully saturated rings. The van der Waals surface area contributed by atoms with Gasteiger partial charge in [0.05, 0.1) is 12.8 Å². The second-order valence-electron chi connectivity index (χ2n) is 6.83.